The Morgan fingerprint density at radius 2 is 2.44 bits per heavy atom. The van der Waals surface area contributed by atoms with E-state index < -0.39 is 0 Å². The molecule has 2 heterocycles. The molecule has 0 aliphatic carbocycles. The number of morpholine rings is 1. The standard InChI is InChI=1S/C11H15Br2NOS/c1-8-6-15-10(3-12)4-14(8)5-11-2-9(13)7-16-11/h2,7-8,10H,3-6H2,1H3. The minimum atomic E-state index is 0.333. The van der Waals surface area contributed by atoms with Crippen molar-refractivity contribution in [2.24, 2.45) is 0 Å². The predicted molar refractivity (Wildman–Crippen MR) is 75.4 cm³/mol. The van der Waals surface area contributed by atoms with Gasteiger partial charge in [0.2, 0.25) is 0 Å². The van der Waals surface area contributed by atoms with E-state index in [1.54, 1.807) is 0 Å². The Bertz CT molecular complexity index is 344. The van der Waals surface area contributed by atoms with Crippen LogP contribution in [0.1, 0.15) is 11.8 Å². The topological polar surface area (TPSA) is 12.5 Å². The van der Waals surface area contributed by atoms with Crippen LogP contribution >= 0.6 is 43.2 Å². The Hall–Kier alpha value is 0.580. The number of hydrogen-bond acceptors (Lipinski definition) is 3. The van der Waals surface area contributed by atoms with Crippen LogP contribution in [-0.2, 0) is 11.3 Å². The van der Waals surface area contributed by atoms with Gasteiger partial charge in [-0.05, 0) is 28.9 Å². The van der Waals surface area contributed by atoms with Crippen molar-refractivity contribution in [2.45, 2.75) is 25.6 Å². The van der Waals surface area contributed by atoms with Crippen LogP contribution < -0.4 is 0 Å². The van der Waals surface area contributed by atoms with Crippen LogP contribution in [0, 0.1) is 0 Å². The zero-order valence-corrected chi connectivity index (χ0v) is 13.1. The summed E-state index contributed by atoms with van der Waals surface area (Å²) in [6, 6.07) is 2.71. The number of halogens is 2. The summed E-state index contributed by atoms with van der Waals surface area (Å²) in [5.41, 5.74) is 0. The molecule has 5 heteroatoms. The second-order valence-electron chi connectivity index (χ2n) is 4.12. The molecule has 1 aromatic heterocycles. The highest BCUT2D eigenvalue weighted by atomic mass is 79.9. The van der Waals surface area contributed by atoms with Gasteiger partial charge in [0.1, 0.15) is 0 Å². The molecule has 0 radical (unpaired) electrons. The number of ether oxygens (including phenoxy) is 1. The van der Waals surface area contributed by atoms with Gasteiger partial charge in [-0.15, -0.1) is 11.3 Å². The lowest BCUT2D eigenvalue weighted by Gasteiger charge is -2.37. The molecule has 0 bridgehead atoms. The summed E-state index contributed by atoms with van der Waals surface area (Å²) in [4.78, 5) is 3.90. The molecular weight excluding hydrogens is 354 g/mol. The third kappa shape index (κ3) is 3.29. The van der Waals surface area contributed by atoms with Gasteiger partial charge in [-0.1, -0.05) is 15.9 Å². The van der Waals surface area contributed by atoms with Crippen LogP contribution in [0.5, 0.6) is 0 Å². The van der Waals surface area contributed by atoms with Crippen molar-refractivity contribution in [3.63, 3.8) is 0 Å². The number of thiophene rings is 1. The van der Waals surface area contributed by atoms with Crippen molar-refractivity contribution in [1.82, 2.24) is 4.90 Å². The molecule has 2 rings (SSSR count). The van der Waals surface area contributed by atoms with E-state index in [-0.39, 0.29) is 0 Å². The molecule has 0 spiro atoms. The first-order chi connectivity index (χ1) is 7.69. The molecule has 1 aliphatic rings. The van der Waals surface area contributed by atoms with E-state index in [2.05, 4.69) is 55.1 Å². The maximum absolute atomic E-state index is 5.72. The van der Waals surface area contributed by atoms with Gasteiger partial charge in [0.15, 0.2) is 0 Å². The third-order valence-corrected chi connectivity index (χ3v) is 5.19. The van der Waals surface area contributed by atoms with Gasteiger partial charge in [-0.3, -0.25) is 4.90 Å². The van der Waals surface area contributed by atoms with E-state index in [4.69, 9.17) is 4.74 Å². The summed E-state index contributed by atoms with van der Waals surface area (Å²) in [5, 5.41) is 3.06. The Morgan fingerprint density at radius 3 is 3.06 bits per heavy atom. The number of alkyl halides is 1. The molecule has 2 unspecified atom stereocenters. The molecule has 0 amide bonds. The van der Waals surface area contributed by atoms with Crippen molar-refractivity contribution in [2.75, 3.05) is 18.5 Å². The summed E-state index contributed by atoms with van der Waals surface area (Å²) < 4.78 is 6.90. The average molecular weight is 369 g/mol. The summed E-state index contributed by atoms with van der Waals surface area (Å²) in [6.45, 7) is 5.11. The molecule has 90 valence electrons. The fourth-order valence-electron chi connectivity index (χ4n) is 1.83. The summed E-state index contributed by atoms with van der Waals surface area (Å²) >= 11 is 8.80. The highest BCUT2D eigenvalue weighted by molar-refractivity contribution is 9.10. The quantitative estimate of drug-likeness (QED) is 0.757. The molecule has 0 N–H and O–H groups in total. The van der Waals surface area contributed by atoms with Crippen LogP contribution in [0.25, 0.3) is 0 Å². The van der Waals surface area contributed by atoms with E-state index >= 15 is 0 Å². The number of hydrogen-bond donors (Lipinski definition) is 0. The minimum Gasteiger partial charge on any atom is -0.374 e. The average Bonchev–Trinajstić information content (AvgIpc) is 2.67. The smallest absolute Gasteiger partial charge is 0.0799 e. The Morgan fingerprint density at radius 1 is 1.62 bits per heavy atom. The van der Waals surface area contributed by atoms with Crippen molar-refractivity contribution in [3.05, 3.63) is 20.8 Å². The van der Waals surface area contributed by atoms with E-state index in [9.17, 15) is 0 Å². The first-order valence-electron chi connectivity index (χ1n) is 5.33. The zero-order valence-electron chi connectivity index (χ0n) is 9.16. The fraction of sp³-hybridized carbons (Fsp3) is 0.636. The lowest BCUT2D eigenvalue weighted by molar-refractivity contribution is -0.0496. The largest absolute Gasteiger partial charge is 0.374 e. The highest BCUT2D eigenvalue weighted by Crippen LogP contribution is 2.23. The van der Waals surface area contributed by atoms with Crippen LogP contribution in [-0.4, -0.2) is 35.5 Å². The van der Waals surface area contributed by atoms with Gasteiger partial charge in [-0.25, -0.2) is 0 Å². The SMILES string of the molecule is CC1COC(CBr)CN1Cc1cc(Br)cs1. The molecule has 1 saturated heterocycles. The minimum absolute atomic E-state index is 0.333. The molecule has 1 aliphatic heterocycles. The Labute approximate surface area is 117 Å². The summed E-state index contributed by atoms with van der Waals surface area (Å²) in [6.07, 6.45) is 0.333. The molecule has 0 saturated carbocycles. The second-order valence-corrected chi connectivity index (χ2v) is 6.68. The maximum atomic E-state index is 5.72. The third-order valence-electron chi connectivity index (χ3n) is 2.79. The van der Waals surface area contributed by atoms with Crippen molar-refractivity contribution in [3.8, 4) is 0 Å². The molecular formula is C11H15Br2NOS. The molecule has 16 heavy (non-hydrogen) atoms. The summed E-state index contributed by atoms with van der Waals surface area (Å²) in [7, 11) is 0. The molecule has 2 atom stereocenters. The Kier molecular flexibility index (Phi) is 4.85. The number of rotatable bonds is 3. The molecule has 1 aromatic rings. The van der Waals surface area contributed by atoms with Crippen molar-refractivity contribution in [1.29, 1.82) is 0 Å². The predicted octanol–water partition coefficient (Wildman–Crippen LogP) is 3.49. The van der Waals surface area contributed by atoms with Crippen LogP contribution in [0.3, 0.4) is 0 Å². The van der Waals surface area contributed by atoms with Crippen molar-refractivity contribution >= 4 is 43.2 Å². The first-order valence-corrected chi connectivity index (χ1v) is 8.13. The first kappa shape index (κ1) is 13.0. The van der Waals surface area contributed by atoms with Crippen LogP contribution in [0.2, 0.25) is 0 Å². The van der Waals surface area contributed by atoms with Gasteiger partial charge in [0.25, 0.3) is 0 Å². The van der Waals surface area contributed by atoms with Gasteiger partial charge in [0, 0.05) is 39.2 Å². The normalized spacial score (nSPS) is 27.2. The monoisotopic (exact) mass is 367 g/mol. The van der Waals surface area contributed by atoms with Crippen molar-refractivity contribution < 1.29 is 4.74 Å². The fourth-order valence-corrected chi connectivity index (χ4v) is 3.69. The van der Waals surface area contributed by atoms with Gasteiger partial charge < -0.3 is 4.74 Å². The van der Waals surface area contributed by atoms with Crippen LogP contribution in [0.4, 0.5) is 0 Å². The highest BCUT2D eigenvalue weighted by Gasteiger charge is 2.25. The molecule has 1 fully saturated rings. The van der Waals surface area contributed by atoms with E-state index in [0.717, 1.165) is 25.0 Å². The molecule has 0 aromatic carbocycles. The van der Waals surface area contributed by atoms with E-state index in [1.807, 2.05) is 11.3 Å². The zero-order chi connectivity index (χ0) is 11.5. The van der Waals surface area contributed by atoms with Gasteiger partial charge in [0.05, 0.1) is 12.7 Å². The van der Waals surface area contributed by atoms with E-state index in [1.165, 1.54) is 9.35 Å². The van der Waals surface area contributed by atoms with Crippen LogP contribution in [0.15, 0.2) is 15.9 Å². The lowest BCUT2D eigenvalue weighted by Crippen LogP contribution is -2.48. The van der Waals surface area contributed by atoms with E-state index in [0.29, 0.717) is 12.1 Å². The molecule has 2 nitrogen and oxygen atoms in total. The Balaban J connectivity index is 1.96. The summed E-state index contributed by atoms with van der Waals surface area (Å²) in [5.74, 6) is 0. The van der Waals surface area contributed by atoms with Gasteiger partial charge in [-0.2, -0.15) is 0 Å². The number of nitrogens with zero attached hydrogens (tertiary/aromatic N) is 1. The maximum Gasteiger partial charge on any atom is 0.0799 e. The lowest BCUT2D eigenvalue weighted by atomic mass is 10.2. The second kappa shape index (κ2) is 5.96. The van der Waals surface area contributed by atoms with Gasteiger partial charge >= 0.3 is 0 Å².